The minimum atomic E-state index is 0.683. The Kier molecular flexibility index (Phi) is 7.55. The molecule has 0 atom stereocenters. The van der Waals surface area contributed by atoms with Crippen LogP contribution in [-0.2, 0) is 6.54 Å². The molecule has 6 heteroatoms. The Balaban J connectivity index is 1.73. The molecule has 2 N–H and O–H groups in total. The lowest BCUT2D eigenvalue weighted by atomic mass is 9.97. The molecule has 1 fully saturated rings. The van der Waals surface area contributed by atoms with Crippen LogP contribution >= 0.6 is 11.3 Å². The van der Waals surface area contributed by atoms with Gasteiger partial charge in [0.05, 0.1) is 10.7 Å². The first kappa shape index (κ1) is 17.9. The van der Waals surface area contributed by atoms with Gasteiger partial charge >= 0.3 is 0 Å². The van der Waals surface area contributed by atoms with Crippen LogP contribution in [0.3, 0.4) is 0 Å². The Hall–Kier alpha value is -1.40. The molecule has 0 bridgehead atoms. The number of aromatic nitrogens is 1. The van der Waals surface area contributed by atoms with Crippen molar-refractivity contribution in [2.24, 2.45) is 10.9 Å². The number of likely N-dealkylation sites (tertiary alicyclic amines) is 1. The number of thiazole rings is 1. The van der Waals surface area contributed by atoms with Crippen molar-refractivity contribution in [3.8, 4) is 0 Å². The predicted octanol–water partition coefficient (Wildman–Crippen LogP) is 2.40. The summed E-state index contributed by atoms with van der Waals surface area (Å²) in [5.74, 6) is 1.58. The van der Waals surface area contributed by atoms with E-state index in [9.17, 15) is 0 Å². The van der Waals surface area contributed by atoms with Gasteiger partial charge in [-0.15, -0.1) is 17.9 Å². The second kappa shape index (κ2) is 9.67. The number of aryl methyl sites for hydroxylation is 1. The fourth-order valence-corrected chi connectivity index (χ4v) is 3.37. The van der Waals surface area contributed by atoms with Crippen molar-refractivity contribution in [1.29, 1.82) is 0 Å². The molecule has 5 nitrogen and oxygen atoms in total. The number of hydrogen-bond acceptors (Lipinski definition) is 4. The SMILES string of the molecule is C=CCNC(=NCC1CCN(Cc2csc(C)n2)CC1)NCC. The summed E-state index contributed by atoms with van der Waals surface area (Å²) in [5.41, 5.74) is 1.21. The molecule has 0 spiro atoms. The number of guanidine groups is 1. The summed E-state index contributed by atoms with van der Waals surface area (Å²) in [6.45, 7) is 13.7. The Morgan fingerprint density at radius 1 is 1.48 bits per heavy atom. The second-order valence-corrected chi connectivity index (χ2v) is 7.03. The molecule has 23 heavy (non-hydrogen) atoms. The van der Waals surface area contributed by atoms with E-state index in [0.717, 1.165) is 50.2 Å². The molecule has 1 saturated heterocycles. The van der Waals surface area contributed by atoms with Crippen LogP contribution in [0.2, 0.25) is 0 Å². The van der Waals surface area contributed by atoms with Crippen molar-refractivity contribution in [3.63, 3.8) is 0 Å². The average molecular weight is 336 g/mol. The maximum Gasteiger partial charge on any atom is 0.191 e. The van der Waals surface area contributed by atoms with Crippen molar-refractivity contribution in [2.75, 3.05) is 32.7 Å². The summed E-state index contributed by atoms with van der Waals surface area (Å²) >= 11 is 1.74. The first-order valence-corrected chi connectivity index (χ1v) is 9.35. The molecule has 0 amide bonds. The molecule has 2 rings (SSSR count). The molecular weight excluding hydrogens is 306 g/mol. The van der Waals surface area contributed by atoms with Crippen LogP contribution in [0.1, 0.15) is 30.5 Å². The van der Waals surface area contributed by atoms with E-state index in [0.29, 0.717) is 5.92 Å². The van der Waals surface area contributed by atoms with Crippen molar-refractivity contribution in [1.82, 2.24) is 20.5 Å². The van der Waals surface area contributed by atoms with Gasteiger partial charge in [-0.05, 0) is 45.7 Å². The summed E-state index contributed by atoms with van der Waals surface area (Å²) in [7, 11) is 0. The summed E-state index contributed by atoms with van der Waals surface area (Å²) in [5, 5.41) is 9.87. The van der Waals surface area contributed by atoms with Gasteiger partial charge in [0.2, 0.25) is 0 Å². The molecule has 2 heterocycles. The first-order chi connectivity index (χ1) is 11.2. The Labute approximate surface area is 143 Å². The number of aliphatic imine (C=N–C) groups is 1. The van der Waals surface area contributed by atoms with Gasteiger partial charge in [-0.1, -0.05) is 6.08 Å². The summed E-state index contributed by atoms with van der Waals surface area (Å²) in [4.78, 5) is 11.8. The van der Waals surface area contributed by atoms with Crippen molar-refractivity contribution in [3.05, 3.63) is 28.7 Å². The van der Waals surface area contributed by atoms with Gasteiger partial charge in [0.25, 0.3) is 0 Å². The van der Waals surface area contributed by atoms with Crippen LogP contribution in [0.25, 0.3) is 0 Å². The lowest BCUT2D eigenvalue weighted by molar-refractivity contribution is 0.179. The maximum absolute atomic E-state index is 4.70. The zero-order valence-electron chi connectivity index (χ0n) is 14.3. The number of nitrogens with one attached hydrogen (secondary N) is 2. The van der Waals surface area contributed by atoms with Gasteiger partial charge in [-0.2, -0.15) is 0 Å². The smallest absolute Gasteiger partial charge is 0.191 e. The Bertz CT molecular complexity index is 503. The largest absolute Gasteiger partial charge is 0.357 e. The van der Waals surface area contributed by atoms with Gasteiger partial charge in [-0.3, -0.25) is 9.89 Å². The van der Waals surface area contributed by atoms with Gasteiger partial charge in [0.1, 0.15) is 0 Å². The second-order valence-electron chi connectivity index (χ2n) is 5.97. The molecule has 128 valence electrons. The molecule has 1 aromatic rings. The minimum Gasteiger partial charge on any atom is -0.357 e. The highest BCUT2D eigenvalue weighted by Crippen LogP contribution is 2.20. The fraction of sp³-hybridized carbons (Fsp3) is 0.647. The van der Waals surface area contributed by atoms with Crippen molar-refractivity contribution in [2.45, 2.75) is 33.2 Å². The highest BCUT2D eigenvalue weighted by atomic mass is 32.1. The number of hydrogen-bond donors (Lipinski definition) is 2. The third-order valence-electron chi connectivity index (χ3n) is 4.02. The standard InChI is InChI=1S/C17H29N5S/c1-4-8-19-17(18-5-2)20-11-15-6-9-22(10-7-15)12-16-13-23-14(3)21-16/h4,13,15H,1,5-12H2,2-3H3,(H2,18,19,20). The third-order valence-corrected chi connectivity index (χ3v) is 4.85. The highest BCUT2D eigenvalue weighted by Gasteiger charge is 2.19. The molecule has 0 saturated carbocycles. The average Bonchev–Trinajstić information content (AvgIpc) is 2.96. The molecule has 0 radical (unpaired) electrons. The first-order valence-electron chi connectivity index (χ1n) is 8.47. The van der Waals surface area contributed by atoms with Gasteiger partial charge in [-0.25, -0.2) is 4.98 Å². The molecular formula is C17H29N5S. The lowest BCUT2D eigenvalue weighted by Crippen LogP contribution is -2.38. The number of nitrogens with zero attached hydrogens (tertiary/aromatic N) is 3. The number of rotatable bonds is 7. The van der Waals surface area contributed by atoms with Crippen molar-refractivity contribution < 1.29 is 0 Å². The molecule has 1 aromatic heterocycles. The van der Waals surface area contributed by atoms with Crippen molar-refractivity contribution >= 4 is 17.3 Å². The summed E-state index contributed by atoms with van der Waals surface area (Å²) in [6, 6.07) is 0. The molecule has 0 aliphatic carbocycles. The predicted molar refractivity (Wildman–Crippen MR) is 99.0 cm³/mol. The van der Waals surface area contributed by atoms with Crippen LogP contribution in [0.15, 0.2) is 23.0 Å². The van der Waals surface area contributed by atoms with Crippen LogP contribution < -0.4 is 10.6 Å². The summed E-state index contributed by atoms with van der Waals surface area (Å²) < 4.78 is 0. The Morgan fingerprint density at radius 2 is 2.26 bits per heavy atom. The highest BCUT2D eigenvalue weighted by molar-refractivity contribution is 7.09. The van der Waals surface area contributed by atoms with Crippen LogP contribution in [0.5, 0.6) is 0 Å². The van der Waals surface area contributed by atoms with E-state index in [4.69, 9.17) is 4.99 Å². The van der Waals surface area contributed by atoms with Crippen LogP contribution in [0.4, 0.5) is 0 Å². The molecule has 0 aromatic carbocycles. The third kappa shape index (κ3) is 6.31. The topological polar surface area (TPSA) is 52.6 Å². The van der Waals surface area contributed by atoms with E-state index in [2.05, 4.69) is 46.3 Å². The van der Waals surface area contributed by atoms with Gasteiger partial charge < -0.3 is 10.6 Å². The normalized spacial score (nSPS) is 17.2. The fourth-order valence-electron chi connectivity index (χ4n) is 2.77. The quantitative estimate of drug-likeness (QED) is 0.456. The van der Waals surface area contributed by atoms with Gasteiger partial charge in [0.15, 0.2) is 5.96 Å². The van der Waals surface area contributed by atoms with E-state index in [1.54, 1.807) is 11.3 Å². The van der Waals surface area contributed by atoms with E-state index in [-0.39, 0.29) is 0 Å². The van der Waals surface area contributed by atoms with E-state index in [1.165, 1.54) is 18.5 Å². The van der Waals surface area contributed by atoms with E-state index in [1.807, 2.05) is 6.08 Å². The molecule has 1 aliphatic rings. The molecule has 0 unspecified atom stereocenters. The van der Waals surface area contributed by atoms with Gasteiger partial charge in [0, 0.05) is 31.6 Å². The molecule has 1 aliphatic heterocycles. The Morgan fingerprint density at radius 3 is 2.87 bits per heavy atom. The monoisotopic (exact) mass is 335 g/mol. The zero-order chi connectivity index (χ0) is 16.5. The van der Waals surface area contributed by atoms with Crippen LogP contribution in [-0.4, -0.2) is 48.6 Å². The maximum atomic E-state index is 4.70. The minimum absolute atomic E-state index is 0.683. The number of piperidine rings is 1. The van der Waals surface area contributed by atoms with E-state index >= 15 is 0 Å². The van der Waals surface area contributed by atoms with Crippen LogP contribution in [0, 0.1) is 12.8 Å². The van der Waals surface area contributed by atoms with E-state index < -0.39 is 0 Å². The summed E-state index contributed by atoms with van der Waals surface area (Å²) in [6.07, 6.45) is 4.28. The zero-order valence-corrected chi connectivity index (χ0v) is 15.2. The lowest BCUT2D eigenvalue weighted by Gasteiger charge is -2.30.